The molecule has 1 aromatic rings. The third-order valence-electron chi connectivity index (χ3n) is 2.15. The van der Waals surface area contributed by atoms with Crippen LogP contribution in [0.5, 0.6) is 5.75 Å². The van der Waals surface area contributed by atoms with Gasteiger partial charge in [0.25, 0.3) is 5.70 Å². The Hall–Kier alpha value is -1.84. The molecule has 0 saturated carbocycles. The number of hydrogen-bond acceptors (Lipinski definition) is 3. The van der Waals surface area contributed by atoms with Crippen LogP contribution in [-0.2, 0) is 0 Å². The summed E-state index contributed by atoms with van der Waals surface area (Å²) < 4.78 is 5.40. The second-order valence-corrected chi connectivity index (χ2v) is 3.12. The van der Waals surface area contributed by atoms with Crippen LogP contribution >= 0.6 is 0 Å². The molecule has 0 aliphatic carbocycles. The highest BCUT2D eigenvalue weighted by Crippen LogP contribution is 2.29. The minimum Gasteiger partial charge on any atom is -0.479 e. The molecule has 1 heterocycles. The standard InChI is InChI=1S/C10H9NO3.C2H6/c1-7-9(11(12)13)6-8-4-2-3-5-10(8)14-7;1-2/h2-7H,1H3;1-2H3. The van der Waals surface area contributed by atoms with Gasteiger partial charge in [0.2, 0.25) is 0 Å². The van der Waals surface area contributed by atoms with E-state index < -0.39 is 11.0 Å². The Morgan fingerprint density at radius 1 is 1.31 bits per heavy atom. The van der Waals surface area contributed by atoms with Crippen molar-refractivity contribution in [1.82, 2.24) is 0 Å². The molecule has 0 N–H and O–H groups in total. The fourth-order valence-corrected chi connectivity index (χ4v) is 1.44. The molecule has 1 atom stereocenters. The zero-order valence-corrected chi connectivity index (χ0v) is 9.64. The third kappa shape index (κ3) is 2.39. The quantitative estimate of drug-likeness (QED) is 0.540. The van der Waals surface area contributed by atoms with Crippen LogP contribution in [0.3, 0.4) is 0 Å². The number of ether oxygens (including phenoxy) is 1. The smallest absolute Gasteiger partial charge is 0.286 e. The molecule has 1 aliphatic rings. The number of benzene rings is 1. The molecule has 4 heteroatoms. The van der Waals surface area contributed by atoms with E-state index in [1.165, 1.54) is 0 Å². The number of hydrogen-bond donors (Lipinski definition) is 0. The van der Waals surface area contributed by atoms with Crippen LogP contribution in [0, 0.1) is 10.1 Å². The first-order valence-corrected chi connectivity index (χ1v) is 5.30. The maximum atomic E-state index is 10.6. The number of nitro groups is 1. The summed E-state index contributed by atoms with van der Waals surface area (Å²) in [6.45, 7) is 5.67. The highest BCUT2D eigenvalue weighted by atomic mass is 16.6. The molecule has 86 valence electrons. The SMILES string of the molecule is CC.CC1Oc2ccccc2C=C1[N+](=O)[O-]. The molecule has 0 spiro atoms. The minimum atomic E-state index is -0.486. The number of para-hydroxylation sites is 1. The zero-order chi connectivity index (χ0) is 12.1. The Kier molecular flexibility index (Phi) is 4.05. The highest BCUT2D eigenvalue weighted by molar-refractivity contribution is 5.61. The third-order valence-corrected chi connectivity index (χ3v) is 2.15. The molecule has 0 bridgehead atoms. The van der Waals surface area contributed by atoms with E-state index >= 15 is 0 Å². The van der Waals surface area contributed by atoms with Crippen LogP contribution in [0.25, 0.3) is 6.08 Å². The van der Waals surface area contributed by atoms with E-state index in [4.69, 9.17) is 4.74 Å². The Morgan fingerprint density at radius 3 is 2.56 bits per heavy atom. The van der Waals surface area contributed by atoms with Crippen LogP contribution in [0.4, 0.5) is 0 Å². The Morgan fingerprint density at radius 2 is 1.94 bits per heavy atom. The average Bonchev–Trinajstić information content (AvgIpc) is 2.30. The summed E-state index contributed by atoms with van der Waals surface area (Å²) >= 11 is 0. The second kappa shape index (κ2) is 5.30. The van der Waals surface area contributed by atoms with E-state index in [2.05, 4.69) is 0 Å². The van der Waals surface area contributed by atoms with E-state index in [0.717, 1.165) is 5.56 Å². The first-order valence-electron chi connectivity index (χ1n) is 5.30. The van der Waals surface area contributed by atoms with Crippen molar-refractivity contribution in [3.63, 3.8) is 0 Å². The summed E-state index contributed by atoms with van der Waals surface area (Å²) in [6, 6.07) is 7.27. The molecule has 1 aliphatic heterocycles. The maximum Gasteiger partial charge on any atom is 0.286 e. The van der Waals surface area contributed by atoms with Crippen molar-refractivity contribution in [2.45, 2.75) is 26.9 Å². The molecule has 1 unspecified atom stereocenters. The van der Waals surface area contributed by atoms with Gasteiger partial charge >= 0.3 is 0 Å². The van der Waals surface area contributed by atoms with Gasteiger partial charge in [0.1, 0.15) is 5.75 Å². The Bertz CT molecular complexity index is 412. The molecule has 0 fully saturated rings. The van der Waals surface area contributed by atoms with Crippen molar-refractivity contribution in [2.24, 2.45) is 0 Å². The van der Waals surface area contributed by atoms with Crippen LogP contribution in [-0.4, -0.2) is 11.0 Å². The van der Waals surface area contributed by atoms with Gasteiger partial charge in [-0.2, -0.15) is 0 Å². The summed E-state index contributed by atoms with van der Waals surface area (Å²) in [7, 11) is 0. The Balaban J connectivity index is 0.000000606. The van der Waals surface area contributed by atoms with Gasteiger partial charge in [-0.15, -0.1) is 0 Å². The maximum absolute atomic E-state index is 10.6. The predicted octanol–water partition coefficient (Wildman–Crippen LogP) is 3.11. The lowest BCUT2D eigenvalue weighted by molar-refractivity contribution is -0.433. The molecule has 0 saturated heterocycles. The van der Waals surface area contributed by atoms with Gasteiger partial charge in [0, 0.05) is 11.6 Å². The zero-order valence-electron chi connectivity index (χ0n) is 9.64. The van der Waals surface area contributed by atoms with E-state index in [0.29, 0.717) is 5.75 Å². The fraction of sp³-hybridized carbons (Fsp3) is 0.333. The van der Waals surface area contributed by atoms with E-state index in [9.17, 15) is 10.1 Å². The summed E-state index contributed by atoms with van der Waals surface area (Å²) in [6.07, 6.45) is 1.07. The van der Waals surface area contributed by atoms with Crippen LogP contribution in [0.15, 0.2) is 30.0 Å². The first kappa shape index (κ1) is 12.2. The van der Waals surface area contributed by atoms with Gasteiger partial charge in [-0.1, -0.05) is 32.0 Å². The first-order chi connectivity index (χ1) is 7.68. The molecule has 16 heavy (non-hydrogen) atoms. The molecule has 4 nitrogen and oxygen atoms in total. The van der Waals surface area contributed by atoms with Gasteiger partial charge in [-0.05, 0) is 13.0 Å². The second-order valence-electron chi connectivity index (χ2n) is 3.12. The van der Waals surface area contributed by atoms with Crippen molar-refractivity contribution >= 4 is 6.08 Å². The van der Waals surface area contributed by atoms with Crippen LogP contribution < -0.4 is 4.74 Å². The number of fused-ring (bicyclic) bond motifs is 1. The van der Waals surface area contributed by atoms with Crippen molar-refractivity contribution in [2.75, 3.05) is 0 Å². The molecule has 0 amide bonds. The molecule has 0 aromatic heterocycles. The van der Waals surface area contributed by atoms with Gasteiger partial charge in [0.15, 0.2) is 6.10 Å². The molecule has 2 rings (SSSR count). The minimum absolute atomic E-state index is 0.101. The van der Waals surface area contributed by atoms with Crippen molar-refractivity contribution < 1.29 is 9.66 Å². The van der Waals surface area contributed by atoms with Gasteiger partial charge in [0.05, 0.1) is 4.92 Å². The van der Waals surface area contributed by atoms with E-state index in [-0.39, 0.29) is 5.70 Å². The molecule has 1 aromatic carbocycles. The number of rotatable bonds is 1. The van der Waals surface area contributed by atoms with Crippen LogP contribution in [0.1, 0.15) is 26.3 Å². The fourth-order valence-electron chi connectivity index (χ4n) is 1.44. The summed E-state index contributed by atoms with van der Waals surface area (Å²) in [5.74, 6) is 0.700. The van der Waals surface area contributed by atoms with Crippen molar-refractivity contribution in [3.8, 4) is 5.75 Å². The summed E-state index contributed by atoms with van der Waals surface area (Å²) in [5.41, 5.74) is 0.862. The van der Waals surface area contributed by atoms with Crippen molar-refractivity contribution in [1.29, 1.82) is 0 Å². The van der Waals surface area contributed by atoms with E-state index in [1.807, 2.05) is 26.0 Å². The predicted molar refractivity (Wildman–Crippen MR) is 62.9 cm³/mol. The highest BCUT2D eigenvalue weighted by Gasteiger charge is 2.27. The summed E-state index contributed by atoms with van der Waals surface area (Å²) in [5, 5.41) is 10.6. The molecular weight excluding hydrogens is 206 g/mol. The molecule has 0 radical (unpaired) electrons. The number of nitrogens with zero attached hydrogens (tertiary/aromatic N) is 1. The lowest BCUT2D eigenvalue weighted by Gasteiger charge is -2.18. The lowest BCUT2D eigenvalue weighted by atomic mass is 10.1. The summed E-state index contributed by atoms with van der Waals surface area (Å²) in [4.78, 5) is 10.2. The van der Waals surface area contributed by atoms with Gasteiger partial charge < -0.3 is 4.74 Å². The van der Waals surface area contributed by atoms with Crippen LogP contribution in [0.2, 0.25) is 0 Å². The topological polar surface area (TPSA) is 52.4 Å². The largest absolute Gasteiger partial charge is 0.479 e. The average molecular weight is 221 g/mol. The Labute approximate surface area is 94.7 Å². The van der Waals surface area contributed by atoms with Crippen molar-refractivity contribution in [3.05, 3.63) is 45.6 Å². The van der Waals surface area contributed by atoms with Gasteiger partial charge in [-0.25, -0.2) is 0 Å². The monoisotopic (exact) mass is 221 g/mol. The van der Waals surface area contributed by atoms with Gasteiger partial charge in [-0.3, -0.25) is 10.1 Å². The lowest BCUT2D eigenvalue weighted by Crippen LogP contribution is -2.23. The normalized spacial score (nSPS) is 17.2. The van der Waals surface area contributed by atoms with E-state index in [1.54, 1.807) is 25.1 Å². The molecular formula is C12H15NO3.